The third-order valence-electron chi connectivity index (χ3n) is 1.33. The Labute approximate surface area is 86.6 Å². The number of hydrogen-bond donors (Lipinski definition) is 3. The summed E-state index contributed by atoms with van der Waals surface area (Å²) in [5, 5.41) is 14.0. The minimum absolute atomic E-state index is 0.132. The standard InChI is InChI=1S/C7H12N2O4S/c1-8-7(14)9-5(11)3-4(10)6(12)13-2/h4,10H,3H2,1-2H3,(H2,8,9,11,14)/t4-/m1/s1. The Hall–Kier alpha value is -1.21. The van der Waals surface area contributed by atoms with Crippen LogP contribution in [0.4, 0.5) is 0 Å². The lowest BCUT2D eigenvalue weighted by Gasteiger charge is -2.08. The van der Waals surface area contributed by atoms with Gasteiger partial charge in [-0.2, -0.15) is 0 Å². The molecule has 80 valence electrons. The van der Waals surface area contributed by atoms with Gasteiger partial charge in [0.1, 0.15) is 0 Å². The Kier molecular flexibility index (Phi) is 5.73. The van der Waals surface area contributed by atoms with E-state index in [1.807, 2.05) is 0 Å². The Bertz CT molecular complexity index is 244. The molecular formula is C7H12N2O4S. The van der Waals surface area contributed by atoms with Crippen LogP contribution in [-0.4, -0.2) is 42.4 Å². The van der Waals surface area contributed by atoms with Crippen molar-refractivity contribution in [1.29, 1.82) is 0 Å². The lowest BCUT2D eigenvalue weighted by Crippen LogP contribution is -2.39. The fourth-order valence-electron chi connectivity index (χ4n) is 0.635. The summed E-state index contributed by atoms with van der Waals surface area (Å²) < 4.78 is 4.23. The Morgan fingerprint density at radius 1 is 1.57 bits per heavy atom. The molecule has 0 aromatic carbocycles. The second-order valence-corrected chi connectivity index (χ2v) is 2.78. The molecule has 0 aliphatic rings. The van der Waals surface area contributed by atoms with Crippen molar-refractivity contribution < 1.29 is 19.4 Å². The number of nitrogens with one attached hydrogen (secondary N) is 2. The van der Waals surface area contributed by atoms with Gasteiger partial charge < -0.3 is 20.5 Å². The average Bonchev–Trinajstić information content (AvgIpc) is 2.15. The zero-order chi connectivity index (χ0) is 11.1. The molecule has 0 aromatic rings. The van der Waals surface area contributed by atoms with Crippen molar-refractivity contribution in [2.45, 2.75) is 12.5 Å². The summed E-state index contributed by atoms with van der Waals surface area (Å²) in [6.45, 7) is 0. The third kappa shape index (κ3) is 4.73. The van der Waals surface area contributed by atoms with Gasteiger partial charge in [-0.05, 0) is 12.2 Å². The number of carbonyl (C=O) groups is 2. The molecule has 0 aliphatic carbocycles. The molecule has 0 spiro atoms. The predicted molar refractivity (Wildman–Crippen MR) is 52.4 cm³/mol. The van der Waals surface area contributed by atoms with E-state index < -0.39 is 18.0 Å². The molecule has 0 rings (SSSR count). The number of methoxy groups -OCH3 is 1. The van der Waals surface area contributed by atoms with Gasteiger partial charge in [-0.15, -0.1) is 0 Å². The molecule has 0 heterocycles. The second kappa shape index (κ2) is 6.28. The van der Waals surface area contributed by atoms with Crippen molar-refractivity contribution >= 4 is 29.2 Å². The van der Waals surface area contributed by atoms with E-state index in [-0.39, 0.29) is 11.5 Å². The molecule has 0 radical (unpaired) electrons. The number of esters is 1. The third-order valence-corrected chi connectivity index (χ3v) is 1.64. The monoisotopic (exact) mass is 220 g/mol. The summed E-state index contributed by atoms with van der Waals surface area (Å²) in [6.07, 6.45) is -1.84. The topological polar surface area (TPSA) is 87.7 Å². The normalized spacial score (nSPS) is 11.4. The number of carbonyl (C=O) groups excluding carboxylic acids is 2. The van der Waals surface area contributed by atoms with Gasteiger partial charge in [0.25, 0.3) is 0 Å². The fraction of sp³-hybridized carbons (Fsp3) is 0.571. The van der Waals surface area contributed by atoms with Crippen molar-refractivity contribution in [2.75, 3.05) is 14.2 Å². The van der Waals surface area contributed by atoms with Crippen LogP contribution in [0.15, 0.2) is 0 Å². The molecule has 0 fully saturated rings. The van der Waals surface area contributed by atoms with Crippen LogP contribution < -0.4 is 10.6 Å². The molecule has 1 atom stereocenters. The molecule has 0 aromatic heterocycles. The fourth-order valence-corrected chi connectivity index (χ4v) is 0.749. The van der Waals surface area contributed by atoms with Gasteiger partial charge >= 0.3 is 5.97 Å². The second-order valence-electron chi connectivity index (χ2n) is 2.37. The average molecular weight is 220 g/mol. The van der Waals surface area contributed by atoms with Crippen molar-refractivity contribution in [2.24, 2.45) is 0 Å². The highest BCUT2D eigenvalue weighted by molar-refractivity contribution is 7.80. The van der Waals surface area contributed by atoms with Gasteiger partial charge in [-0.1, -0.05) is 0 Å². The highest BCUT2D eigenvalue weighted by Gasteiger charge is 2.19. The molecule has 0 aliphatic heterocycles. The number of hydrogen-bond acceptors (Lipinski definition) is 5. The molecular weight excluding hydrogens is 208 g/mol. The molecule has 14 heavy (non-hydrogen) atoms. The largest absolute Gasteiger partial charge is 0.467 e. The summed E-state index contributed by atoms with van der Waals surface area (Å²) in [7, 11) is 2.67. The minimum atomic E-state index is -1.46. The van der Waals surface area contributed by atoms with E-state index in [9.17, 15) is 9.59 Å². The van der Waals surface area contributed by atoms with Crippen LogP contribution in [0.25, 0.3) is 0 Å². The zero-order valence-electron chi connectivity index (χ0n) is 7.86. The van der Waals surface area contributed by atoms with E-state index in [4.69, 9.17) is 5.11 Å². The predicted octanol–water partition coefficient (Wildman–Crippen LogP) is -1.47. The maximum Gasteiger partial charge on any atom is 0.335 e. The van der Waals surface area contributed by atoms with E-state index in [1.54, 1.807) is 7.05 Å². The summed E-state index contributed by atoms with van der Waals surface area (Å²) in [5.74, 6) is -1.40. The van der Waals surface area contributed by atoms with E-state index >= 15 is 0 Å². The minimum Gasteiger partial charge on any atom is -0.467 e. The summed E-state index contributed by atoms with van der Waals surface area (Å²) in [5.41, 5.74) is 0. The Morgan fingerprint density at radius 2 is 2.14 bits per heavy atom. The van der Waals surface area contributed by atoms with Crippen molar-refractivity contribution in [3.8, 4) is 0 Å². The molecule has 7 heteroatoms. The number of aliphatic hydroxyl groups is 1. The van der Waals surface area contributed by atoms with Crippen molar-refractivity contribution in [3.63, 3.8) is 0 Å². The number of aliphatic hydroxyl groups excluding tert-OH is 1. The van der Waals surface area contributed by atoms with Gasteiger partial charge in [-0.25, -0.2) is 4.79 Å². The molecule has 1 amide bonds. The first kappa shape index (κ1) is 12.8. The van der Waals surface area contributed by atoms with Gasteiger partial charge in [0.15, 0.2) is 11.2 Å². The smallest absolute Gasteiger partial charge is 0.335 e. The van der Waals surface area contributed by atoms with Crippen LogP contribution in [-0.2, 0) is 14.3 Å². The van der Waals surface area contributed by atoms with Gasteiger partial charge in [0, 0.05) is 7.05 Å². The molecule has 3 N–H and O–H groups in total. The van der Waals surface area contributed by atoms with E-state index in [1.165, 1.54) is 0 Å². The molecule has 0 unspecified atom stereocenters. The van der Waals surface area contributed by atoms with Gasteiger partial charge in [-0.3, -0.25) is 4.79 Å². The van der Waals surface area contributed by atoms with E-state index in [0.717, 1.165) is 7.11 Å². The van der Waals surface area contributed by atoms with Crippen molar-refractivity contribution in [1.82, 2.24) is 10.6 Å². The van der Waals surface area contributed by atoms with E-state index in [0.29, 0.717) is 0 Å². The summed E-state index contributed by atoms with van der Waals surface area (Å²) in [4.78, 5) is 21.7. The molecule has 0 saturated carbocycles. The maximum atomic E-state index is 11.0. The maximum absolute atomic E-state index is 11.0. The van der Waals surface area contributed by atoms with Crippen LogP contribution >= 0.6 is 12.2 Å². The lowest BCUT2D eigenvalue weighted by molar-refractivity contribution is -0.152. The molecule has 6 nitrogen and oxygen atoms in total. The summed E-state index contributed by atoms with van der Waals surface area (Å²) in [6, 6.07) is 0. The first-order valence-corrected chi connectivity index (χ1v) is 4.19. The van der Waals surface area contributed by atoms with Crippen LogP contribution in [0, 0.1) is 0 Å². The zero-order valence-corrected chi connectivity index (χ0v) is 8.68. The first-order valence-electron chi connectivity index (χ1n) is 3.78. The van der Waals surface area contributed by atoms with Crippen LogP contribution in [0.2, 0.25) is 0 Å². The van der Waals surface area contributed by atoms with Crippen LogP contribution in [0.1, 0.15) is 6.42 Å². The van der Waals surface area contributed by atoms with E-state index in [2.05, 4.69) is 27.6 Å². The number of amides is 1. The Balaban J connectivity index is 3.94. The molecule has 0 bridgehead atoms. The highest BCUT2D eigenvalue weighted by Crippen LogP contribution is 1.93. The van der Waals surface area contributed by atoms with Crippen molar-refractivity contribution in [3.05, 3.63) is 0 Å². The quantitative estimate of drug-likeness (QED) is 0.397. The molecule has 0 saturated heterocycles. The summed E-state index contributed by atoms with van der Waals surface area (Å²) >= 11 is 4.64. The van der Waals surface area contributed by atoms with Gasteiger partial charge in [0.2, 0.25) is 5.91 Å². The Morgan fingerprint density at radius 3 is 2.57 bits per heavy atom. The number of thiocarbonyl (C=S) groups is 1. The first-order chi connectivity index (χ1) is 6.51. The SMILES string of the molecule is CNC(=S)NC(=O)C[C@@H](O)C(=O)OC. The van der Waals surface area contributed by atoms with Crippen LogP contribution in [0.3, 0.4) is 0 Å². The highest BCUT2D eigenvalue weighted by atomic mass is 32.1. The number of rotatable bonds is 3. The number of ether oxygens (including phenoxy) is 1. The lowest BCUT2D eigenvalue weighted by atomic mass is 10.2. The van der Waals surface area contributed by atoms with Crippen LogP contribution in [0.5, 0.6) is 0 Å². The van der Waals surface area contributed by atoms with Gasteiger partial charge in [0.05, 0.1) is 13.5 Å².